The first kappa shape index (κ1) is 22.3. The quantitative estimate of drug-likeness (QED) is 0.313. The maximum Gasteiger partial charge on any atom is 0.337 e. The fraction of sp³-hybridized carbons (Fsp3) is 0.625. The topological polar surface area (TPSA) is 138 Å². The lowest BCUT2D eigenvalue weighted by atomic mass is 9.53. The number of hydrogen-bond donors (Lipinski definition) is 4. The number of rotatable bonds is 3. The third-order valence-electron chi connectivity index (χ3n) is 8.38. The van der Waals surface area contributed by atoms with Crippen molar-refractivity contribution in [2.45, 2.75) is 67.2 Å². The van der Waals surface area contributed by atoms with Crippen LogP contribution >= 0.6 is 0 Å². The van der Waals surface area contributed by atoms with Crippen molar-refractivity contribution in [2.24, 2.45) is 5.92 Å². The van der Waals surface area contributed by atoms with E-state index in [-0.39, 0.29) is 17.1 Å². The predicted molar refractivity (Wildman–Crippen MR) is 115 cm³/mol. The normalized spacial score (nSPS) is 44.2. The zero-order valence-corrected chi connectivity index (χ0v) is 18.9. The average Bonchev–Trinajstić information content (AvgIpc) is 3.19. The van der Waals surface area contributed by atoms with Gasteiger partial charge in [0.05, 0.1) is 7.11 Å². The number of hydrogen-bond acceptors (Lipinski definition) is 10. The first-order chi connectivity index (χ1) is 16.3. The van der Waals surface area contributed by atoms with Gasteiger partial charge in [-0.1, -0.05) is 18.2 Å². The fourth-order valence-corrected chi connectivity index (χ4v) is 6.70. The van der Waals surface area contributed by atoms with Crippen LogP contribution in [0.1, 0.15) is 17.5 Å². The van der Waals surface area contributed by atoms with Gasteiger partial charge in [-0.25, -0.2) is 4.79 Å². The molecule has 10 atom stereocenters. The largest absolute Gasteiger partial charge is 0.482 e. The van der Waals surface area contributed by atoms with E-state index in [4.69, 9.17) is 14.2 Å². The van der Waals surface area contributed by atoms with E-state index >= 15 is 0 Å². The maximum absolute atomic E-state index is 12.0. The lowest BCUT2D eigenvalue weighted by Gasteiger charge is -2.56. The number of aliphatic hydroxyl groups excluding tert-OH is 4. The Morgan fingerprint density at radius 2 is 1.94 bits per heavy atom. The zero-order valence-electron chi connectivity index (χ0n) is 18.9. The summed E-state index contributed by atoms with van der Waals surface area (Å²) in [6.07, 6.45) is -3.61. The predicted octanol–water partition coefficient (Wildman–Crippen LogP) is -1.15. The molecule has 6 rings (SSSR count). The highest BCUT2D eigenvalue weighted by atomic mass is 16.7. The number of benzene rings is 1. The highest BCUT2D eigenvalue weighted by Gasteiger charge is 2.64. The number of likely N-dealkylation sites (N-methyl/N-ethyl adjacent to an activating group) is 1. The number of esters is 1. The Labute approximate surface area is 196 Å². The Morgan fingerprint density at radius 1 is 1.15 bits per heavy atom. The molecule has 1 aromatic rings. The molecule has 10 heteroatoms. The van der Waals surface area contributed by atoms with Crippen molar-refractivity contribution in [1.82, 2.24) is 4.90 Å². The molecule has 10 nitrogen and oxygen atoms in total. The van der Waals surface area contributed by atoms with Gasteiger partial charge in [0, 0.05) is 22.9 Å². The van der Waals surface area contributed by atoms with Crippen molar-refractivity contribution in [3.63, 3.8) is 0 Å². The van der Waals surface area contributed by atoms with Crippen molar-refractivity contribution in [3.8, 4) is 11.5 Å². The minimum absolute atomic E-state index is 0.181. The first-order valence-electron chi connectivity index (χ1n) is 11.6. The summed E-state index contributed by atoms with van der Waals surface area (Å²) in [6.45, 7) is 0.876. The highest BCUT2D eigenvalue weighted by Crippen LogP contribution is 2.62. The van der Waals surface area contributed by atoms with Gasteiger partial charge in [0.1, 0.15) is 30.5 Å². The van der Waals surface area contributed by atoms with E-state index in [1.165, 1.54) is 0 Å². The molecule has 2 fully saturated rings. The molecule has 184 valence electrons. The second-order valence-electron chi connectivity index (χ2n) is 9.95. The number of aliphatic hydroxyl groups is 4. The van der Waals surface area contributed by atoms with Gasteiger partial charge >= 0.3 is 5.97 Å². The van der Waals surface area contributed by atoms with Gasteiger partial charge in [0.15, 0.2) is 17.6 Å². The lowest BCUT2D eigenvalue weighted by molar-refractivity contribution is -0.272. The van der Waals surface area contributed by atoms with Gasteiger partial charge in [-0.3, -0.25) is 0 Å². The van der Waals surface area contributed by atoms with Crippen LogP contribution in [0.5, 0.6) is 11.5 Å². The number of carbonyl (C=O) groups excluding carboxylic acids is 1. The fourth-order valence-electron chi connectivity index (χ4n) is 6.70. The first-order valence-corrected chi connectivity index (χ1v) is 11.6. The van der Waals surface area contributed by atoms with Crippen LogP contribution in [0, 0.1) is 5.92 Å². The molecule has 0 amide bonds. The van der Waals surface area contributed by atoms with E-state index in [0.29, 0.717) is 11.8 Å². The molecule has 3 aliphatic heterocycles. The zero-order chi connectivity index (χ0) is 23.9. The van der Waals surface area contributed by atoms with Gasteiger partial charge in [-0.2, -0.15) is 0 Å². The Bertz CT molecular complexity index is 1050. The minimum Gasteiger partial charge on any atom is -0.482 e. The summed E-state index contributed by atoms with van der Waals surface area (Å²) < 4.78 is 22.5. The van der Waals surface area contributed by atoms with Gasteiger partial charge in [-0.05, 0) is 38.1 Å². The molecule has 2 bridgehead atoms. The number of likely N-dealkylation sites (tertiary alicyclic amines) is 1. The molecule has 0 aromatic heterocycles. The molecule has 2 aliphatic carbocycles. The highest BCUT2D eigenvalue weighted by molar-refractivity contribution is 5.75. The van der Waals surface area contributed by atoms with Crippen molar-refractivity contribution in [1.29, 1.82) is 0 Å². The van der Waals surface area contributed by atoms with E-state index in [9.17, 15) is 25.2 Å². The molecule has 0 radical (unpaired) electrons. The minimum atomic E-state index is -1.68. The number of carbonyl (C=O) groups is 1. The summed E-state index contributed by atoms with van der Waals surface area (Å²) >= 11 is 0. The SMILES string of the molecule is COC(=O)[C@H]1O[C@@H](Oc2ccc3c4c2O[C@H]2[C@@H](O)C=C[C@H]5[C@@H](C3)N(C)CC[C@@]452)[C@H](O)[C@@H](O)[C@@H]1O. The van der Waals surface area contributed by atoms with Crippen LogP contribution in [0.3, 0.4) is 0 Å². The van der Waals surface area contributed by atoms with Crippen molar-refractivity contribution >= 4 is 5.97 Å². The van der Waals surface area contributed by atoms with Gasteiger partial charge in [-0.15, -0.1) is 0 Å². The number of ether oxygens (including phenoxy) is 4. The van der Waals surface area contributed by atoms with Crippen LogP contribution in [0.2, 0.25) is 0 Å². The number of piperidine rings is 1. The number of nitrogens with zero attached hydrogens (tertiary/aromatic N) is 1. The summed E-state index contributed by atoms with van der Waals surface area (Å²) in [5.41, 5.74) is 1.76. The van der Waals surface area contributed by atoms with Crippen LogP contribution in [-0.4, -0.2) is 101 Å². The molecule has 0 unspecified atom stereocenters. The summed E-state index contributed by atoms with van der Waals surface area (Å²) in [5.74, 6) is 0.0600. The van der Waals surface area contributed by atoms with E-state index in [0.717, 1.165) is 37.6 Å². The van der Waals surface area contributed by atoms with Crippen molar-refractivity contribution in [3.05, 3.63) is 35.4 Å². The summed E-state index contributed by atoms with van der Waals surface area (Å²) in [6, 6.07) is 3.99. The Morgan fingerprint density at radius 3 is 2.71 bits per heavy atom. The second-order valence-corrected chi connectivity index (χ2v) is 9.95. The summed E-state index contributed by atoms with van der Waals surface area (Å²) in [7, 11) is 3.26. The second kappa shape index (κ2) is 7.64. The third kappa shape index (κ3) is 2.81. The molecular formula is C24H29NO9. The molecule has 4 N–H and O–H groups in total. The van der Waals surface area contributed by atoms with E-state index in [1.54, 1.807) is 6.07 Å². The van der Waals surface area contributed by atoms with Gasteiger partial charge in [0.2, 0.25) is 6.29 Å². The molecular weight excluding hydrogens is 446 g/mol. The van der Waals surface area contributed by atoms with E-state index in [2.05, 4.69) is 22.8 Å². The van der Waals surface area contributed by atoms with Crippen LogP contribution in [0.4, 0.5) is 0 Å². The third-order valence-corrected chi connectivity index (χ3v) is 8.38. The molecule has 3 heterocycles. The van der Waals surface area contributed by atoms with Crippen LogP contribution < -0.4 is 9.47 Å². The Kier molecular flexibility index (Phi) is 5.01. The van der Waals surface area contributed by atoms with Crippen LogP contribution in [-0.2, 0) is 26.1 Å². The molecule has 1 aromatic carbocycles. The molecule has 5 aliphatic rings. The summed E-state index contributed by atoms with van der Waals surface area (Å²) in [5, 5.41) is 41.8. The monoisotopic (exact) mass is 475 g/mol. The average molecular weight is 475 g/mol. The Balaban J connectivity index is 1.39. The molecule has 2 saturated heterocycles. The van der Waals surface area contributed by atoms with Gasteiger partial charge < -0.3 is 44.3 Å². The molecule has 34 heavy (non-hydrogen) atoms. The Hall–Kier alpha value is -2.21. The maximum atomic E-state index is 12.0. The van der Waals surface area contributed by atoms with Crippen molar-refractivity contribution < 1.29 is 44.2 Å². The summed E-state index contributed by atoms with van der Waals surface area (Å²) in [4.78, 5) is 14.4. The van der Waals surface area contributed by atoms with E-state index in [1.807, 2.05) is 12.1 Å². The lowest BCUT2D eigenvalue weighted by Crippen LogP contribution is -2.64. The number of methoxy groups -OCH3 is 1. The van der Waals surface area contributed by atoms with Crippen molar-refractivity contribution in [2.75, 3.05) is 20.7 Å². The molecule has 0 saturated carbocycles. The smallest absolute Gasteiger partial charge is 0.337 e. The molecule has 1 spiro atoms. The van der Waals surface area contributed by atoms with E-state index < -0.39 is 48.9 Å². The standard InChI is InChI=1S/C24H29NO9/c1-25-8-7-24-11-4-5-13(26)21(24)33-19-14(6-3-10(15(19)24)9-12(11)25)32-23-18(29)16(27)17(28)20(34-23)22(30)31-2/h3-6,11-13,16-18,20-21,23,26-29H,7-9H2,1-2H3/t11-,12+,13-,16-,17-,18+,20-,21-,23+,24-/m0/s1. The van der Waals surface area contributed by atoms with Crippen LogP contribution in [0.15, 0.2) is 24.3 Å². The van der Waals surface area contributed by atoms with Gasteiger partial charge in [0.25, 0.3) is 0 Å². The van der Waals surface area contributed by atoms with Crippen LogP contribution in [0.25, 0.3) is 0 Å².